The molecule has 1 amide bonds. The predicted octanol–water partition coefficient (Wildman–Crippen LogP) is 5.06. The second-order valence-electron chi connectivity index (χ2n) is 7.55. The zero-order chi connectivity index (χ0) is 20.4. The van der Waals surface area contributed by atoms with Crippen molar-refractivity contribution >= 4 is 36.5 Å². The number of aromatic nitrogens is 3. The fraction of sp³-hybridized carbons (Fsp3) is 0.120. The maximum atomic E-state index is 13.6. The number of nitrogens with zero attached hydrogens (tertiary/aromatic N) is 3. The summed E-state index contributed by atoms with van der Waals surface area (Å²) in [5, 5.41) is 3.06. The van der Waals surface area contributed by atoms with Crippen LogP contribution in [0.5, 0.6) is 0 Å². The highest BCUT2D eigenvalue weighted by atomic mass is 35.5. The number of nitrogens with one attached hydrogen (secondary N) is 1. The topological polar surface area (TPSA) is 67.8 Å². The smallest absolute Gasteiger partial charge is 0.237 e. The number of benzene rings is 1. The SMILES string of the molecule is Cl.Cl.O=C1Nc2nccc(-c3ccccc3)c2C1(Cc1ccncc1)Cc1ccncc1. The highest BCUT2D eigenvalue weighted by molar-refractivity contribution is 6.08. The van der Waals surface area contributed by atoms with Gasteiger partial charge in [0, 0.05) is 36.5 Å². The highest BCUT2D eigenvalue weighted by Gasteiger charge is 2.49. The van der Waals surface area contributed by atoms with Crippen molar-refractivity contribution in [3.8, 4) is 11.1 Å². The first-order valence-corrected chi connectivity index (χ1v) is 9.90. The lowest BCUT2D eigenvalue weighted by Crippen LogP contribution is -2.39. The summed E-state index contributed by atoms with van der Waals surface area (Å²) in [7, 11) is 0. The fourth-order valence-electron chi connectivity index (χ4n) is 4.34. The summed E-state index contributed by atoms with van der Waals surface area (Å²) in [6.07, 6.45) is 9.95. The normalized spacial score (nSPS) is 13.3. The van der Waals surface area contributed by atoms with E-state index in [1.54, 1.807) is 31.0 Å². The van der Waals surface area contributed by atoms with E-state index in [2.05, 4.69) is 32.4 Å². The minimum Gasteiger partial charge on any atom is -0.310 e. The van der Waals surface area contributed by atoms with Crippen molar-refractivity contribution in [2.24, 2.45) is 0 Å². The van der Waals surface area contributed by atoms with Crippen LogP contribution in [0.2, 0.25) is 0 Å². The molecule has 1 aromatic carbocycles. The lowest BCUT2D eigenvalue weighted by molar-refractivity contribution is -0.120. The predicted molar refractivity (Wildman–Crippen MR) is 130 cm³/mol. The molecule has 4 heterocycles. The van der Waals surface area contributed by atoms with Gasteiger partial charge in [0.1, 0.15) is 5.82 Å². The van der Waals surface area contributed by atoms with E-state index in [-0.39, 0.29) is 30.7 Å². The van der Waals surface area contributed by atoms with Gasteiger partial charge < -0.3 is 5.32 Å². The van der Waals surface area contributed by atoms with Gasteiger partial charge in [-0.2, -0.15) is 0 Å². The quantitative estimate of drug-likeness (QED) is 0.448. The summed E-state index contributed by atoms with van der Waals surface area (Å²) in [5.74, 6) is 0.617. The number of anilines is 1. The Bertz CT molecular complexity index is 1150. The van der Waals surface area contributed by atoms with Crippen molar-refractivity contribution in [3.05, 3.63) is 108 Å². The van der Waals surface area contributed by atoms with Gasteiger partial charge in [-0.25, -0.2) is 4.98 Å². The van der Waals surface area contributed by atoms with E-state index in [1.165, 1.54) is 0 Å². The van der Waals surface area contributed by atoms with Crippen LogP contribution in [-0.2, 0) is 23.1 Å². The number of hydrogen-bond acceptors (Lipinski definition) is 4. The third-order valence-corrected chi connectivity index (χ3v) is 5.69. The van der Waals surface area contributed by atoms with E-state index < -0.39 is 5.41 Å². The Labute approximate surface area is 199 Å². The number of rotatable bonds is 5. The molecule has 0 unspecified atom stereocenters. The van der Waals surface area contributed by atoms with Gasteiger partial charge in [0.2, 0.25) is 5.91 Å². The van der Waals surface area contributed by atoms with Gasteiger partial charge in [-0.05, 0) is 65.4 Å². The molecule has 1 N–H and O–H groups in total. The molecule has 5 nitrogen and oxygen atoms in total. The minimum absolute atomic E-state index is 0. The van der Waals surface area contributed by atoms with E-state index >= 15 is 0 Å². The molecule has 4 aromatic rings. The summed E-state index contributed by atoms with van der Waals surface area (Å²) >= 11 is 0. The zero-order valence-corrected chi connectivity index (χ0v) is 18.8. The summed E-state index contributed by atoms with van der Waals surface area (Å²) in [6.45, 7) is 0. The van der Waals surface area contributed by atoms with Gasteiger partial charge in [-0.3, -0.25) is 14.8 Å². The van der Waals surface area contributed by atoms with Crippen molar-refractivity contribution < 1.29 is 4.79 Å². The van der Waals surface area contributed by atoms with Crippen LogP contribution >= 0.6 is 24.8 Å². The number of carbonyl (C=O) groups is 1. The van der Waals surface area contributed by atoms with Crippen molar-refractivity contribution in [1.82, 2.24) is 15.0 Å². The Morgan fingerprint density at radius 2 is 1.28 bits per heavy atom. The number of pyridine rings is 3. The molecule has 1 aliphatic rings. The number of carbonyl (C=O) groups excluding carboxylic acids is 1. The number of hydrogen-bond donors (Lipinski definition) is 1. The lowest BCUT2D eigenvalue weighted by atomic mass is 9.70. The third-order valence-electron chi connectivity index (χ3n) is 5.69. The monoisotopic (exact) mass is 464 g/mol. The van der Waals surface area contributed by atoms with Crippen molar-refractivity contribution in [2.45, 2.75) is 18.3 Å². The van der Waals surface area contributed by atoms with Crippen LogP contribution in [0.25, 0.3) is 11.1 Å². The number of fused-ring (bicyclic) bond motifs is 1. The molecule has 3 aromatic heterocycles. The Morgan fingerprint density at radius 3 is 1.84 bits per heavy atom. The van der Waals surface area contributed by atoms with Gasteiger partial charge in [0.25, 0.3) is 0 Å². The van der Waals surface area contributed by atoms with Gasteiger partial charge in [-0.1, -0.05) is 30.3 Å². The van der Waals surface area contributed by atoms with Gasteiger partial charge in [0.15, 0.2) is 0 Å². The van der Waals surface area contributed by atoms with Crippen LogP contribution in [-0.4, -0.2) is 20.9 Å². The largest absolute Gasteiger partial charge is 0.310 e. The molecule has 0 atom stereocenters. The second-order valence-corrected chi connectivity index (χ2v) is 7.55. The van der Waals surface area contributed by atoms with Crippen LogP contribution in [0.15, 0.2) is 91.6 Å². The van der Waals surface area contributed by atoms with Crippen LogP contribution in [0.4, 0.5) is 5.82 Å². The molecule has 1 aliphatic heterocycles. The minimum atomic E-state index is -0.780. The van der Waals surface area contributed by atoms with Crippen LogP contribution < -0.4 is 5.32 Å². The van der Waals surface area contributed by atoms with Crippen molar-refractivity contribution in [3.63, 3.8) is 0 Å². The van der Waals surface area contributed by atoms with E-state index in [0.29, 0.717) is 18.7 Å². The van der Waals surface area contributed by atoms with Gasteiger partial charge >= 0.3 is 0 Å². The first-order valence-electron chi connectivity index (χ1n) is 9.90. The average molecular weight is 465 g/mol. The maximum Gasteiger partial charge on any atom is 0.237 e. The molecule has 0 saturated carbocycles. The Kier molecular flexibility index (Phi) is 7.23. The van der Waals surface area contributed by atoms with Crippen LogP contribution in [0, 0.1) is 0 Å². The molecule has 5 rings (SSSR count). The summed E-state index contributed by atoms with van der Waals surface area (Å²) in [6, 6.07) is 20.0. The first-order chi connectivity index (χ1) is 14.8. The molecule has 162 valence electrons. The highest BCUT2D eigenvalue weighted by Crippen LogP contribution is 2.46. The van der Waals surface area contributed by atoms with Crippen molar-refractivity contribution in [2.75, 3.05) is 5.32 Å². The van der Waals surface area contributed by atoms with E-state index in [4.69, 9.17) is 0 Å². The molecule has 0 aliphatic carbocycles. The Balaban J connectivity index is 0.00000144. The van der Waals surface area contributed by atoms with Crippen LogP contribution in [0.3, 0.4) is 0 Å². The molecule has 0 bridgehead atoms. The van der Waals surface area contributed by atoms with Gasteiger partial charge in [0.05, 0.1) is 5.41 Å². The van der Waals surface area contributed by atoms with Gasteiger partial charge in [-0.15, -0.1) is 24.8 Å². The molecule has 7 heteroatoms. The van der Waals surface area contributed by atoms with E-state index in [9.17, 15) is 4.79 Å². The molecule has 0 saturated heterocycles. The fourth-order valence-corrected chi connectivity index (χ4v) is 4.34. The average Bonchev–Trinajstić information content (AvgIpc) is 3.07. The molecule has 0 fully saturated rings. The van der Waals surface area contributed by atoms with Crippen LogP contribution in [0.1, 0.15) is 16.7 Å². The molecule has 0 radical (unpaired) electrons. The molecule has 32 heavy (non-hydrogen) atoms. The maximum absolute atomic E-state index is 13.6. The molecular formula is C25H22Cl2N4O. The Hall–Kier alpha value is -3.28. The Morgan fingerprint density at radius 1 is 0.719 bits per heavy atom. The lowest BCUT2D eigenvalue weighted by Gasteiger charge is -2.29. The first kappa shape index (κ1) is 23.4. The number of amides is 1. The second kappa shape index (κ2) is 9.90. The third kappa shape index (κ3) is 4.22. The summed E-state index contributed by atoms with van der Waals surface area (Å²) in [5.41, 5.74) is 4.39. The van der Waals surface area contributed by atoms with Crippen molar-refractivity contribution in [1.29, 1.82) is 0 Å². The summed E-state index contributed by atoms with van der Waals surface area (Å²) in [4.78, 5) is 26.3. The van der Waals surface area contributed by atoms with E-state index in [1.807, 2.05) is 48.5 Å². The number of halogens is 2. The molecule has 0 spiro atoms. The van der Waals surface area contributed by atoms with E-state index in [0.717, 1.165) is 27.8 Å². The zero-order valence-electron chi connectivity index (χ0n) is 17.1. The molecular weight excluding hydrogens is 443 g/mol. The standard InChI is InChI=1S/C25H20N4O.2ClH/c30-24-25(16-18-6-11-26-12-7-18,17-19-8-13-27-14-9-19)22-21(10-15-28-23(22)29-24)20-4-2-1-3-5-20;;/h1-15H,16-17H2,(H,28,29,30);2*1H. The summed E-state index contributed by atoms with van der Waals surface area (Å²) < 4.78 is 0.